The van der Waals surface area contributed by atoms with Crippen molar-refractivity contribution in [2.24, 2.45) is 5.41 Å². The third-order valence-electron chi connectivity index (χ3n) is 4.09. The van der Waals surface area contributed by atoms with Crippen molar-refractivity contribution in [1.82, 2.24) is 0 Å². The summed E-state index contributed by atoms with van der Waals surface area (Å²) in [6, 6.07) is 0. The maximum absolute atomic E-state index is 8.92. The zero-order valence-corrected chi connectivity index (χ0v) is 11.8. The van der Waals surface area contributed by atoms with Crippen LogP contribution in [0.25, 0.3) is 0 Å². The lowest BCUT2D eigenvalue weighted by molar-refractivity contribution is -0.0461. The average Bonchev–Trinajstić information content (AvgIpc) is 2.25. The normalized spacial score (nSPS) is 13.1. The Hall–Kier alpha value is -0.0800. The first-order valence-corrected chi connectivity index (χ1v) is 6.70. The van der Waals surface area contributed by atoms with Crippen LogP contribution in [0.2, 0.25) is 0 Å². The van der Waals surface area contributed by atoms with Crippen LogP contribution in [-0.4, -0.2) is 23.9 Å². The van der Waals surface area contributed by atoms with Gasteiger partial charge in [0, 0.05) is 13.2 Å². The summed E-state index contributed by atoms with van der Waals surface area (Å²) in [5, 5.41) is 8.92. The van der Waals surface area contributed by atoms with Gasteiger partial charge in [-0.05, 0) is 32.1 Å². The van der Waals surface area contributed by atoms with E-state index in [2.05, 4.69) is 34.6 Å². The summed E-state index contributed by atoms with van der Waals surface area (Å²) in [5.41, 5.74) is 0.269. The molecule has 0 aliphatic carbocycles. The molecule has 0 heterocycles. The van der Waals surface area contributed by atoms with Crippen molar-refractivity contribution in [3.63, 3.8) is 0 Å². The molecule has 2 nitrogen and oxygen atoms in total. The molecule has 0 bridgehead atoms. The maximum Gasteiger partial charge on any atom is 0.0648 e. The number of hydrogen-bond donors (Lipinski definition) is 1. The number of aliphatic hydroxyl groups is 1. The van der Waals surface area contributed by atoms with Crippen molar-refractivity contribution in [1.29, 1.82) is 0 Å². The van der Waals surface area contributed by atoms with Gasteiger partial charge < -0.3 is 9.84 Å². The second-order valence-corrected chi connectivity index (χ2v) is 5.39. The summed E-state index contributed by atoms with van der Waals surface area (Å²) in [5.74, 6) is 0. The first-order valence-electron chi connectivity index (χ1n) is 6.70. The van der Waals surface area contributed by atoms with Crippen molar-refractivity contribution in [2.75, 3.05) is 13.2 Å². The van der Waals surface area contributed by atoms with Gasteiger partial charge in [-0.25, -0.2) is 0 Å². The second kappa shape index (κ2) is 7.29. The number of hydrogen-bond acceptors (Lipinski definition) is 2. The fraction of sp³-hybridized carbons (Fsp3) is 1.00. The smallest absolute Gasteiger partial charge is 0.0648 e. The molecule has 0 saturated heterocycles. The van der Waals surface area contributed by atoms with E-state index in [9.17, 15) is 0 Å². The highest BCUT2D eigenvalue weighted by Crippen LogP contribution is 2.34. The molecule has 0 unspecified atom stereocenters. The lowest BCUT2D eigenvalue weighted by Gasteiger charge is -2.32. The summed E-state index contributed by atoms with van der Waals surface area (Å²) in [6.07, 6.45) is 5.52. The summed E-state index contributed by atoms with van der Waals surface area (Å²) < 4.78 is 5.87. The minimum absolute atomic E-state index is 0.185. The highest BCUT2D eigenvalue weighted by molar-refractivity contribution is 4.76. The largest absolute Gasteiger partial charge is 0.396 e. The molecule has 0 rings (SSSR count). The maximum atomic E-state index is 8.92. The Kier molecular flexibility index (Phi) is 7.25. The Morgan fingerprint density at radius 3 is 1.81 bits per heavy atom. The Morgan fingerprint density at radius 2 is 1.44 bits per heavy atom. The molecule has 0 aliphatic heterocycles. The SMILES string of the molecule is CCC(CC)(CC)CCOC(C)(C)CCO. The van der Waals surface area contributed by atoms with Gasteiger partial charge in [-0.2, -0.15) is 0 Å². The van der Waals surface area contributed by atoms with E-state index < -0.39 is 0 Å². The molecule has 0 aromatic heterocycles. The summed E-state index contributed by atoms with van der Waals surface area (Å²) in [4.78, 5) is 0. The van der Waals surface area contributed by atoms with E-state index in [4.69, 9.17) is 9.84 Å². The molecule has 2 heteroatoms. The topological polar surface area (TPSA) is 29.5 Å². The zero-order valence-electron chi connectivity index (χ0n) is 11.8. The van der Waals surface area contributed by atoms with Crippen molar-refractivity contribution in [3.05, 3.63) is 0 Å². The van der Waals surface area contributed by atoms with Gasteiger partial charge in [0.05, 0.1) is 5.60 Å². The fourth-order valence-electron chi connectivity index (χ4n) is 2.17. The van der Waals surface area contributed by atoms with Crippen LogP contribution in [0.4, 0.5) is 0 Å². The minimum Gasteiger partial charge on any atom is -0.396 e. The van der Waals surface area contributed by atoms with Crippen LogP contribution in [0.3, 0.4) is 0 Å². The average molecular weight is 230 g/mol. The van der Waals surface area contributed by atoms with Gasteiger partial charge in [0.15, 0.2) is 0 Å². The second-order valence-electron chi connectivity index (χ2n) is 5.39. The predicted molar refractivity (Wildman–Crippen MR) is 69.7 cm³/mol. The Balaban J connectivity index is 4.04. The number of aliphatic hydroxyl groups excluding tert-OH is 1. The molecule has 0 spiro atoms. The van der Waals surface area contributed by atoms with Crippen LogP contribution in [0.1, 0.15) is 66.7 Å². The van der Waals surface area contributed by atoms with Crippen molar-refractivity contribution >= 4 is 0 Å². The molecule has 16 heavy (non-hydrogen) atoms. The van der Waals surface area contributed by atoms with E-state index in [-0.39, 0.29) is 12.2 Å². The van der Waals surface area contributed by atoms with E-state index >= 15 is 0 Å². The monoisotopic (exact) mass is 230 g/mol. The zero-order chi connectivity index (χ0) is 12.7. The molecule has 0 aromatic carbocycles. The van der Waals surface area contributed by atoms with Gasteiger partial charge in [-0.1, -0.05) is 40.0 Å². The lowest BCUT2D eigenvalue weighted by atomic mass is 9.77. The van der Waals surface area contributed by atoms with Crippen molar-refractivity contribution < 1.29 is 9.84 Å². The van der Waals surface area contributed by atoms with Gasteiger partial charge in [-0.3, -0.25) is 0 Å². The molecule has 0 atom stereocenters. The quantitative estimate of drug-likeness (QED) is 0.653. The molecule has 0 radical (unpaired) electrons. The highest BCUT2D eigenvalue weighted by Gasteiger charge is 2.25. The predicted octanol–water partition coefficient (Wildman–Crippen LogP) is 3.77. The van der Waals surface area contributed by atoms with Crippen LogP contribution < -0.4 is 0 Å². The van der Waals surface area contributed by atoms with Gasteiger partial charge in [-0.15, -0.1) is 0 Å². The molecular formula is C14H30O2. The Morgan fingerprint density at radius 1 is 0.938 bits per heavy atom. The molecule has 0 aromatic rings. The van der Waals surface area contributed by atoms with Crippen LogP contribution in [0.5, 0.6) is 0 Å². The summed E-state index contributed by atoms with van der Waals surface area (Å²) in [6.45, 7) is 11.9. The first kappa shape index (κ1) is 15.9. The van der Waals surface area contributed by atoms with E-state index in [0.717, 1.165) is 13.0 Å². The fourth-order valence-corrected chi connectivity index (χ4v) is 2.17. The van der Waals surface area contributed by atoms with Crippen LogP contribution in [0.15, 0.2) is 0 Å². The molecule has 0 saturated carbocycles. The third-order valence-corrected chi connectivity index (χ3v) is 4.09. The third kappa shape index (κ3) is 5.31. The number of rotatable bonds is 9. The van der Waals surface area contributed by atoms with Crippen molar-refractivity contribution in [3.8, 4) is 0 Å². The standard InChI is InChI=1S/C14H30O2/c1-6-14(7-2,8-3)10-12-16-13(4,5)9-11-15/h15H,6-12H2,1-5H3. The van der Waals surface area contributed by atoms with Crippen LogP contribution >= 0.6 is 0 Å². The van der Waals surface area contributed by atoms with E-state index in [1.165, 1.54) is 19.3 Å². The van der Waals surface area contributed by atoms with Crippen LogP contribution in [-0.2, 0) is 4.74 Å². The Bertz CT molecular complexity index is 163. The van der Waals surface area contributed by atoms with Gasteiger partial charge in [0.2, 0.25) is 0 Å². The van der Waals surface area contributed by atoms with Gasteiger partial charge >= 0.3 is 0 Å². The van der Waals surface area contributed by atoms with E-state index in [1.54, 1.807) is 0 Å². The molecular weight excluding hydrogens is 200 g/mol. The number of ether oxygens (including phenoxy) is 1. The van der Waals surface area contributed by atoms with E-state index in [0.29, 0.717) is 11.8 Å². The first-order chi connectivity index (χ1) is 7.45. The van der Waals surface area contributed by atoms with Gasteiger partial charge in [0.25, 0.3) is 0 Å². The molecule has 0 fully saturated rings. The molecule has 1 N–H and O–H groups in total. The Labute approximate surface area is 101 Å². The molecule has 98 valence electrons. The van der Waals surface area contributed by atoms with Crippen molar-refractivity contribution in [2.45, 2.75) is 72.3 Å². The summed E-state index contributed by atoms with van der Waals surface area (Å²) in [7, 11) is 0. The molecule has 0 amide bonds. The summed E-state index contributed by atoms with van der Waals surface area (Å²) >= 11 is 0. The van der Waals surface area contributed by atoms with Crippen LogP contribution in [0, 0.1) is 5.41 Å². The van der Waals surface area contributed by atoms with E-state index in [1.807, 2.05) is 0 Å². The minimum atomic E-state index is -0.185. The lowest BCUT2D eigenvalue weighted by Crippen LogP contribution is -2.29. The molecule has 0 aliphatic rings. The van der Waals surface area contributed by atoms with Gasteiger partial charge in [0.1, 0.15) is 0 Å². The highest BCUT2D eigenvalue weighted by atomic mass is 16.5.